The Balaban J connectivity index is 1.60. The van der Waals surface area contributed by atoms with Crippen molar-refractivity contribution in [2.75, 3.05) is 0 Å². The molecule has 0 aliphatic rings. The zero-order chi connectivity index (χ0) is 22.9. The van der Waals surface area contributed by atoms with Gasteiger partial charge in [-0.05, 0) is 62.0 Å². The second-order valence-electron chi connectivity index (χ2n) is 7.45. The van der Waals surface area contributed by atoms with Crippen LogP contribution in [0.2, 0.25) is 0 Å². The van der Waals surface area contributed by atoms with Crippen molar-refractivity contribution in [3.8, 4) is 22.0 Å². The second kappa shape index (κ2) is 8.36. The Morgan fingerprint density at radius 3 is 2.85 bits per heavy atom. The number of aromatic amines is 2. The molecule has 5 aromatic rings. The second-order valence-corrected chi connectivity index (χ2v) is 8.54. The molecule has 0 aliphatic heterocycles. The third-order valence-electron chi connectivity index (χ3n) is 5.27. The number of rotatable bonds is 6. The molecule has 33 heavy (non-hydrogen) atoms. The van der Waals surface area contributed by atoms with Gasteiger partial charge in [0, 0.05) is 28.2 Å². The molecule has 0 radical (unpaired) electrons. The molecule has 162 valence electrons. The first-order chi connectivity index (χ1) is 16.0. The number of H-pyrrole nitrogens is 2. The lowest BCUT2D eigenvalue weighted by Gasteiger charge is -2.01. The number of Topliss-reactive ketones (excluding diaryl/α,β-unsaturated/α-hetero) is 1. The van der Waals surface area contributed by atoms with Gasteiger partial charge in [-0.25, -0.2) is 15.0 Å². The number of imidazole rings is 1. The highest BCUT2D eigenvalue weighted by Crippen LogP contribution is 2.34. The molecule has 9 heteroatoms. The van der Waals surface area contributed by atoms with Crippen molar-refractivity contribution in [2.45, 2.75) is 13.8 Å². The average Bonchev–Trinajstić information content (AvgIpc) is 3.55. The van der Waals surface area contributed by atoms with Gasteiger partial charge in [0.15, 0.2) is 17.3 Å². The van der Waals surface area contributed by atoms with Crippen molar-refractivity contribution in [3.05, 3.63) is 59.2 Å². The van der Waals surface area contributed by atoms with Crippen LogP contribution < -0.4 is 0 Å². The molecule has 2 N–H and O–H groups in total. The van der Waals surface area contributed by atoms with E-state index in [-0.39, 0.29) is 5.78 Å². The van der Waals surface area contributed by atoms with Crippen LogP contribution in [-0.4, -0.2) is 44.0 Å². The SMILES string of the molecule is C=NC=N/C=C(\C)c1ccc2[nH]nc(-c3nc4nccc(-c5ccc(C(C)=O)s5)c4[nH]3)c2c1. The number of hydrogen-bond donors (Lipinski definition) is 2. The summed E-state index contributed by atoms with van der Waals surface area (Å²) in [7, 11) is 0. The predicted octanol–water partition coefficient (Wildman–Crippen LogP) is 5.52. The van der Waals surface area contributed by atoms with E-state index in [1.165, 1.54) is 17.7 Å². The predicted molar refractivity (Wildman–Crippen MR) is 134 cm³/mol. The minimum Gasteiger partial charge on any atom is -0.335 e. The van der Waals surface area contributed by atoms with Crippen LogP contribution in [-0.2, 0) is 0 Å². The smallest absolute Gasteiger partial charge is 0.178 e. The molecule has 0 saturated heterocycles. The quantitative estimate of drug-likeness (QED) is 0.200. The van der Waals surface area contributed by atoms with E-state index >= 15 is 0 Å². The van der Waals surface area contributed by atoms with Crippen molar-refractivity contribution in [3.63, 3.8) is 0 Å². The van der Waals surface area contributed by atoms with Crippen LogP contribution in [0, 0.1) is 0 Å². The average molecular weight is 454 g/mol. The molecule has 4 heterocycles. The largest absolute Gasteiger partial charge is 0.335 e. The first-order valence-corrected chi connectivity index (χ1v) is 11.0. The number of allylic oxidation sites excluding steroid dienone is 1. The van der Waals surface area contributed by atoms with E-state index in [9.17, 15) is 4.79 Å². The Morgan fingerprint density at radius 1 is 1.18 bits per heavy atom. The van der Waals surface area contributed by atoms with Gasteiger partial charge in [-0.3, -0.25) is 14.9 Å². The molecule has 0 spiro atoms. The van der Waals surface area contributed by atoms with Gasteiger partial charge in [-0.15, -0.1) is 11.3 Å². The van der Waals surface area contributed by atoms with Crippen LogP contribution in [0.25, 0.3) is 49.6 Å². The Bertz CT molecular complexity index is 1580. The van der Waals surface area contributed by atoms with Crippen LogP contribution in [0.5, 0.6) is 0 Å². The Hall–Kier alpha value is -4.24. The fourth-order valence-corrected chi connectivity index (χ4v) is 4.54. The van der Waals surface area contributed by atoms with E-state index in [2.05, 4.69) is 42.9 Å². The lowest BCUT2D eigenvalue weighted by Crippen LogP contribution is -1.84. The maximum Gasteiger partial charge on any atom is 0.178 e. The summed E-state index contributed by atoms with van der Waals surface area (Å²) in [5, 5.41) is 8.51. The summed E-state index contributed by atoms with van der Waals surface area (Å²) in [6.07, 6.45) is 4.86. The van der Waals surface area contributed by atoms with Crippen molar-refractivity contribution >= 4 is 57.8 Å². The number of carbonyl (C=O) groups excluding carboxylic acids is 1. The molecule has 0 bridgehead atoms. The molecule has 0 fully saturated rings. The van der Waals surface area contributed by atoms with Crippen LogP contribution in [0.15, 0.2) is 58.8 Å². The number of aromatic nitrogens is 5. The summed E-state index contributed by atoms with van der Waals surface area (Å²) in [5.74, 6) is 0.670. The Morgan fingerprint density at radius 2 is 2.06 bits per heavy atom. The highest BCUT2D eigenvalue weighted by atomic mass is 32.1. The van der Waals surface area contributed by atoms with Crippen molar-refractivity contribution < 1.29 is 4.79 Å². The van der Waals surface area contributed by atoms with E-state index in [4.69, 9.17) is 4.98 Å². The molecule has 0 unspecified atom stereocenters. The summed E-state index contributed by atoms with van der Waals surface area (Å²) in [6.45, 7) is 6.94. The Labute approximate surface area is 192 Å². The zero-order valence-corrected chi connectivity index (χ0v) is 18.8. The van der Waals surface area contributed by atoms with Gasteiger partial charge in [0.1, 0.15) is 12.0 Å². The normalized spacial score (nSPS) is 12.2. The highest BCUT2D eigenvalue weighted by Gasteiger charge is 2.17. The number of ketones is 1. The number of fused-ring (bicyclic) bond motifs is 2. The first kappa shape index (κ1) is 20.7. The van der Waals surface area contributed by atoms with E-state index in [1.54, 1.807) is 19.3 Å². The van der Waals surface area contributed by atoms with E-state index in [0.717, 1.165) is 42.9 Å². The third-order valence-corrected chi connectivity index (χ3v) is 6.49. The van der Waals surface area contributed by atoms with E-state index in [0.29, 0.717) is 17.2 Å². The summed E-state index contributed by atoms with van der Waals surface area (Å²) >= 11 is 1.46. The molecule has 8 nitrogen and oxygen atoms in total. The van der Waals surface area contributed by atoms with E-state index < -0.39 is 0 Å². The van der Waals surface area contributed by atoms with Crippen LogP contribution in [0.1, 0.15) is 29.1 Å². The molecule has 0 amide bonds. The lowest BCUT2D eigenvalue weighted by molar-refractivity contribution is 0.102. The van der Waals surface area contributed by atoms with Crippen molar-refractivity contribution in [1.82, 2.24) is 25.1 Å². The number of benzene rings is 1. The number of carbonyl (C=O) groups is 1. The molecule has 4 aromatic heterocycles. The van der Waals surface area contributed by atoms with E-state index in [1.807, 2.05) is 37.3 Å². The summed E-state index contributed by atoms with van der Waals surface area (Å²) in [4.78, 5) is 33.7. The molecule has 0 saturated carbocycles. The molecule has 1 aromatic carbocycles. The number of nitrogens with one attached hydrogen (secondary N) is 2. The number of hydrogen-bond acceptors (Lipinski definition) is 6. The zero-order valence-electron chi connectivity index (χ0n) is 18.0. The third kappa shape index (κ3) is 3.79. The molecule has 5 rings (SSSR count). The van der Waals surface area contributed by atoms with Gasteiger partial charge in [-0.2, -0.15) is 5.10 Å². The number of pyridine rings is 1. The van der Waals surface area contributed by atoms with Crippen LogP contribution in [0.4, 0.5) is 0 Å². The topological polar surface area (TPSA) is 112 Å². The number of thiophene rings is 1. The number of aliphatic imine (C=N–C) groups is 2. The lowest BCUT2D eigenvalue weighted by atomic mass is 10.1. The minimum atomic E-state index is 0.0523. The highest BCUT2D eigenvalue weighted by molar-refractivity contribution is 7.17. The molecule has 0 atom stereocenters. The summed E-state index contributed by atoms with van der Waals surface area (Å²) < 4.78 is 0. The van der Waals surface area contributed by atoms with Gasteiger partial charge in [-0.1, -0.05) is 6.07 Å². The maximum atomic E-state index is 11.7. The molecular weight excluding hydrogens is 434 g/mol. The standard InChI is InChI=1S/C24H19N7OS/c1-13(11-26-12-25-3)15-4-5-18-17(10-15)22(31-30-18)24-28-21-16(8-9-27-23(21)29-24)20-7-6-19(33-20)14(2)32/h4-12H,3H2,1-2H3,(H,30,31)(H,27,28,29)/b13-11+,26-12?. The summed E-state index contributed by atoms with van der Waals surface area (Å²) in [6, 6.07) is 11.8. The first-order valence-electron chi connectivity index (χ1n) is 10.1. The Kier molecular flexibility index (Phi) is 5.23. The van der Waals surface area contributed by atoms with Crippen molar-refractivity contribution in [2.24, 2.45) is 9.98 Å². The van der Waals surface area contributed by atoms with Crippen molar-refractivity contribution in [1.29, 1.82) is 0 Å². The van der Waals surface area contributed by atoms with Gasteiger partial charge < -0.3 is 4.98 Å². The van der Waals surface area contributed by atoms with Gasteiger partial charge >= 0.3 is 0 Å². The maximum absolute atomic E-state index is 11.7. The molecule has 0 aliphatic carbocycles. The van der Waals surface area contributed by atoms with Crippen LogP contribution >= 0.6 is 11.3 Å². The number of nitrogens with zero attached hydrogens (tertiary/aromatic N) is 5. The van der Waals surface area contributed by atoms with Crippen LogP contribution in [0.3, 0.4) is 0 Å². The fourth-order valence-electron chi connectivity index (χ4n) is 3.61. The van der Waals surface area contributed by atoms with Gasteiger partial charge in [0.2, 0.25) is 0 Å². The minimum absolute atomic E-state index is 0.0523. The van der Waals surface area contributed by atoms with Gasteiger partial charge in [0.05, 0.1) is 15.9 Å². The fraction of sp³-hybridized carbons (Fsp3) is 0.0833. The monoisotopic (exact) mass is 453 g/mol. The molecular formula is C24H19N7OS. The van der Waals surface area contributed by atoms with Gasteiger partial charge in [0.25, 0.3) is 0 Å². The summed E-state index contributed by atoms with van der Waals surface area (Å²) in [5.41, 5.74) is 5.94.